The van der Waals surface area contributed by atoms with Gasteiger partial charge in [0.05, 0.1) is 12.5 Å². The zero-order chi connectivity index (χ0) is 12.8. The van der Waals surface area contributed by atoms with Crippen LogP contribution in [0.2, 0.25) is 0 Å². The lowest BCUT2D eigenvalue weighted by molar-refractivity contribution is -0.146. The molecule has 4 heteroatoms. The van der Waals surface area contributed by atoms with Crippen LogP contribution in [0.1, 0.15) is 19.4 Å². The second-order valence-electron chi connectivity index (χ2n) is 4.00. The van der Waals surface area contributed by atoms with E-state index in [4.69, 9.17) is 4.74 Å². The lowest BCUT2D eigenvalue weighted by Gasteiger charge is -2.12. The number of hydrogen-bond acceptors (Lipinski definition) is 3. The summed E-state index contributed by atoms with van der Waals surface area (Å²) < 4.78 is 18.1. The summed E-state index contributed by atoms with van der Waals surface area (Å²) in [6.07, 6.45) is 0. The molecule has 0 bridgehead atoms. The molecule has 1 rings (SSSR count). The number of ether oxygens (including phenoxy) is 1. The van der Waals surface area contributed by atoms with Crippen LogP contribution in [0.25, 0.3) is 0 Å². The smallest absolute Gasteiger partial charge is 0.310 e. The van der Waals surface area contributed by atoms with Crippen LogP contribution >= 0.6 is 0 Å². The van der Waals surface area contributed by atoms with Gasteiger partial charge in [0.25, 0.3) is 0 Å². The van der Waals surface area contributed by atoms with Crippen LogP contribution in [0, 0.1) is 18.7 Å². The molecule has 0 saturated heterocycles. The third-order valence-corrected chi connectivity index (χ3v) is 2.47. The molecule has 0 aliphatic carbocycles. The van der Waals surface area contributed by atoms with E-state index >= 15 is 0 Å². The quantitative estimate of drug-likeness (QED) is 0.803. The Hall–Kier alpha value is -1.58. The van der Waals surface area contributed by atoms with Crippen LogP contribution in [0.15, 0.2) is 18.2 Å². The van der Waals surface area contributed by atoms with Gasteiger partial charge in [-0.05, 0) is 31.5 Å². The standard InChI is InChI=1S/C13H18FNO2/c1-4-17-13(16)10(3)8-15-11-6-5-9(2)12(14)7-11/h5-7,10,15H,4,8H2,1-3H3. The molecule has 0 radical (unpaired) electrons. The molecular formula is C13H18FNO2. The summed E-state index contributed by atoms with van der Waals surface area (Å²) in [4.78, 5) is 11.3. The molecule has 0 aromatic heterocycles. The van der Waals surface area contributed by atoms with Gasteiger partial charge >= 0.3 is 5.97 Å². The summed E-state index contributed by atoms with van der Waals surface area (Å²) in [5.41, 5.74) is 1.28. The first-order chi connectivity index (χ1) is 8.04. The number of nitrogens with one attached hydrogen (secondary N) is 1. The van der Waals surface area contributed by atoms with Crippen molar-refractivity contribution in [1.29, 1.82) is 0 Å². The molecule has 94 valence electrons. The largest absolute Gasteiger partial charge is 0.466 e. The summed E-state index contributed by atoms with van der Waals surface area (Å²) in [5.74, 6) is -0.745. The maximum Gasteiger partial charge on any atom is 0.310 e. The van der Waals surface area contributed by atoms with Gasteiger partial charge in [-0.25, -0.2) is 4.39 Å². The first-order valence-electron chi connectivity index (χ1n) is 5.71. The number of benzene rings is 1. The average molecular weight is 239 g/mol. The van der Waals surface area contributed by atoms with Crippen molar-refractivity contribution in [3.8, 4) is 0 Å². The molecule has 3 nitrogen and oxygen atoms in total. The molecule has 1 N–H and O–H groups in total. The molecule has 1 aromatic rings. The van der Waals surface area contributed by atoms with Crippen LogP contribution in [-0.4, -0.2) is 19.1 Å². The van der Waals surface area contributed by atoms with Crippen molar-refractivity contribution < 1.29 is 13.9 Å². The SMILES string of the molecule is CCOC(=O)C(C)CNc1ccc(C)c(F)c1. The number of rotatable bonds is 5. The summed E-state index contributed by atoms with van der Waals surface area (Å²) >= 11 is 0. The second-order valence-corrected chi connectivity index (χ2v) is 4.00. The van der Waals surface area contributed by atoms with Crippen molar-refractivity contribution >= 4 is 11.7 Å². The fourth-order valence-corrected chi connectivity index (χ4v) is 1.34. The number of halogens is 1. The minimum atomic E-state index is -0.251. The number of anilines is 1. The zero-order valence-corrected chi connectivity index (χ0v) is 10.4. The van der Waals surface area contributed by atoms with Crippen LogP contribution in [-0.2, 0) is 9.53 Å². The molecule has 0 aliphatic rings. The molecule has 0 aliphatic heterocycles. The van der Waals surface area contributed by atoms with Gasteiger partial charge in [-0.2, -0.15) is 0 Å². The molecule has 1 atom stereocenters. The van der Waals surface area contributed by atoms with Gasteiger partial charge < -0.3 is 10.1 Å². The molecule has 1 aromatic carbocycles. The highest BCUT2D eigenvalue weighted by Crippen LogP contribution is 2.14. The van der Waals surface area contributed by atoms with Crippen molar-refractivity contribution in [2.24, 2.45) is 5.92 Å². The van der Waals surface area contributed by atoms with Crippen molar-refractivity contribution in [3.05, 3.63) is 29.6 Å². The second kappa shape index (κ2) is 6.23. The number of hydrogen-bond donors (Lipinski definition) is 1. The summed E-state index contributed by atoms with van der Waals surface area (Å²) in [7, 11) is 0. The number of carbonyl (C=O) groups excluding carboxylic acids is 1. The molecule has 0 fully saturated rings. The topological polar surface area (TPSA) is 38.3 Å². The van der Waals surface area contributed by atoms with E-state index in [-0.39, 0.29) is 17.7 Å². The fraction of sp³-hybridized carbons (Fsp3) is 0.462. The predicted octanol–water partition coefficient (Wildman–Crippen LogP) is 2.75. The minimum absolute atomic E-state index is 0.243. The van der Waals surface area contributed by atoms with Crippen molar-refractivity contribution in [3.63, 3.8) is 0 Å². The fourth-order valence-electron chi connectivity index (χ4n) is 1.34. The van der Waals surface area contributed by atoms with E-state index in [1.54, 1.807) is 32.9 Å². The van der Waals surface area contributed by atoms with E-state index in [1.165, 1.54) is 6.07 Å². The molecule has 1 unspecified atom stereocenters. The van der Waals surface area contributed by atoms with E-state index in [2.05, 4.69) is 5.32 Å². The third-order valence-electron chi connectivity index (χ3n) is 2.47. The Kier molecular flexibility index (Phi) is 4.94. The molecule has 0 spiro atoms. The van der Waals surface area contributed by atoms with E-state index in [0.29, 0.717) is 24.4 Å². The lowest BCUT2D eigenvalue weighted by atomic mass is 10.1. The Morgan fingerprint density at radius 1 is 1.53 bits per heavy atom. The summed E-state index contributed by atoms with van der Waals surface area (Å²) in [6.45, 7) is 6.06. The Balaban J connectivity index is 2.50. The molecule has 0 heterocycles. The van der Waals surface area contributed by atoms with Gasteiger partial charge in [0.1, 0.15) is 5.82 Å². The highest BCUT2D eigenvalue weighted by atomic mass is 19.1. The maximum absolute atomic E-state index is 13.3. The molecule has 0 amide bonds. The van der Waals surface area contributed by atoms with Crippen LogP contribution in [0.5, 0.6) is 0 Å². The highest BCUT2D eigenvalue weighted by Gasteiger charge is 2.13. The van der Waals surface area contributed by atoms with Crippen molar-refractivity contribution in [2.45, 2.75) is 20.8 Å². The maximum atomic E-state index is 13.3. The van der Waals surface area contributed by atoms with E-state index in [1.807, 2.05) is 0 Å². The Morgan fingerprint density at radius 2 is 2.24 bits per heavy atom. The van der Waals surface area contributed by atoms with Gasteiger partial charge in [0.15, 0.2) is 0 Å². The van der Waals surface area contributed by atoms with Crippen LogP contribution < -0.4 is 5.32 Å². The highest BCUT2D eigenvalue weighted by molar-refractivity contribution is 5.72. The van der Waals surface area contributed by atoms with Gasteiger partial charge in [-0.1, -0.05) is 13.0 Å². The number of esters is 1. The first-order valence-corrected chi connectivity index (χ1v) is 5.71. The van der Waals surface area contributed by atoms with Gasteiger partial charge in [0, 0.05) is 12.2 Å². The predicted molar refractivity (Wildman–Crippen MR) is 65.4 cm³/mol. The normalized spacial score (nSPS) is 12.0. The average Bonchev–Trinajstić information content (AvgIpc) is 2.30. The number of aryl methyl sites for hydroxylation is 1. The van der Waals surface area contributed by atoms with Crippen LogP contribution in [0.3, 0.4) is 0 Å². The summed E-state index contributed by atoms with van der Waals surface area (Å²) in [5, 5.41) is 3.01. The minimum Gasteiger partial charge on any atom is -0.466 e. The Bertz CT molecular complexity index is 393. The van der Waals surface area contributed by atoms with E-state index < -0.39 is 0 Å². The van der Waals surface area contributed by atoms with Gasteiger partial charge in [0.2, 0.25) is 0 Å². The van der Waals surface area contributed by atoms with Gasteiger partial charge in [-0.15, -0.1) is 0 Å². The van der Waals surface area contributed by atoms with Crippen molar-refractivity contribution in [2.75, 3.05) is 18.5 Å². The van der Waals surface area contributed by atoms with Gasteiger partial charge in [-0.3, -0.25) is 4.79 Å². The zero-order valence-electron chi connectivity index (χ0n) is 10.4. The molecule has 0 saturated carbocycles. The monoisotopic (exact) mass is 239 g/mol. The van der Waals surface area contributed by atoms with Crippen molar-refractivity contribution in [1.82, 2.24) is 0 Å². The van der Waals surface area contributed by atoms with E-state index in [0.717, 1.165) is 0 Å². The number of carbonyl (C=O) groups is 1. The Labute approximate surface area is 101 Å². The van der Waals surface area contributed by atoms with E-state index in [9.17, 15) is 9.18 Å². The molecular weight excluding hydrogens is 221 g/mol. The summed E-state index contributed by atoms with van der Waals surface area (Å²) in [6, 6.07) is 4.91. The third kappa shape index (κ3) is 4.06. The first kappa shape index (κ1) is 13.5. The van der Waals surface area contributed by atoms with Crippen LogP contribution in [0.4, 0.5) is 10.1 Å². The molecule has 17 heavy (non-hydrogen) atoms. The lowest BCUT2D eigenvalue weighted by Crippen LogP contribution is -2.22. The Morgan fingerprint density at radius 3 is 2.82 bits per heavy atom.